The van der Waals surface area contributed by atoms with Crippen LogP contribution in [-0.2, 0) is 9.47 Å². The van der Waals surface area contributed by atoms with Gasteiger partial charge in [-0.3, -0.25) is 19.8 Å². The molecule has 0 unspecified atom stereocenters. The number of carbonyl (C=O) groups is 1. The first-order valence-corrected chi connectivity index (χ1v) is 8.21. The van der Waals surface area contributed by atoms with Gasteiger partial charge in [0.05, 0.1) is 24.7 Å². The van der Waals surface area contributed by atoms with E-state index in [-0.39, 0.29) is 17.2 Å². The Bertz CT molecular complexity index is 590. The molecule has 0 saturated carbocycles. The SMILES string of the molecule is COCCNc1ccc(C(=O)NCCN2CCOCC2)cc1[N+](=O)[O-]. The number of nitro benzene ring substituents is 1. The molecule has 1 aromatic carbocycles. The van der Waals surface area contributed by atoms with Crippen LogP contribution in [0.4, 0.5) is 11.4 Å². The maximum absolute atomic E-state index is 12.2. The molecule has 0 spiro atoms. The lowest BCUT2D eigenvalue weighted by Gasteiger charge is -2.26. The number of ether oxygens (including phenoxy) is 2. The fraction of sp³-hybridized carbons (Fsp3) is 0.562. The van der Waals surface area contributed by atoms with Crippen molar-refractivity contribution in [1.29, 1.82) is 0 Å². The van der Waals surface area contributed by atoms with E-state index in [1.54, 1.807) is 19.2 Å². The van der Waals surface area contributed by atoms with Crippen LogP contribution in [-0.4, -0.2) is 75.4 Å². The molecule has 0 radical (unpaired) electrons. The molecular weight excluding hydrogens is 328 g/mol. The lowest BCUT2D eigenvalue weighted by molar-refractivity contribution is -0.384. The number of anilines is 1. The van der Waals surface area contributed by atoms with Crippen molar-refractivity contribution in [2.75, 3.05) is 65.0 Å². The Hall–Kier alpha value is -2.23. The van der Waals surface area contributed by atoms with Crippen molar-refractivity contribution in [2.24, 2.45) is 0 Å². The van der Waals surface area contributed by atoms with Gasteiger partial charge in [0, 0.05) is 51.5 Å². The number of hydrogen-bond donors (Lipinski definition) is 2. The zero-order valence-electron chi connectivity index (χ0n) is 14.3. The zero-order valence-corrected chi connectivity index (χ0v) is 14.3. The number of rotatable bonds is 9. The molecular formula is C16H24N4O5. The van der Waals surface area contributed by atoms with Crippen LogP contribution in [0.25, 0.3) is 0 Å². The Kier molecular flexibility index (Phi) is 7.58. The second kappa shape index (κ2) is 9.92. The summed E-state index contributed by atoms with van der Waals surface area (Å²) < 4.78 is 10.2. The quantitative estimate of drug-likeness (QED) is 0.383. The summed E-state index contributed by atoms with van der Waals surface area (Å²) in [6, 6.07) is 4.41. The predicted molar refractivity (Wildman–Crippen MR) is 93.1 cm³/mol. The molecule has 138 valence electrons. The third-order valence-corrected chi connectivity index (χ3v) is 3.90. The van der Waals surface area contributed by atoms with Crippen molar-refractivity contribution in [1.82, 2.24) is 10.2 Å². The van der Waals surface area contributed by atoms with Crippen LogP contribution in [0.2, 0.25) is 0 Å². The minimum atomic E-state index is -0.500. The van der Waals surface area contributed by atoms with Gasteiger partial charge in [-0.2, -0.15) is 0 Å². The number of hydrogen-bond acceptors (Lipinski definition) is 7. The molecule has 0 aromatic heterocycles. The molecule has 0 bridgehead atoms. The van der Waals surface area contributed by atoms with E-state index in [9.17, 15) is 14.9 Å². The van der Waals surface area contributed by atoms with Gasteiger partial charge in [-0.1, -0.05) is 0 Å². The van der Waals surface area contributed by atoms with Crippen LogP contribution >= 0.6 is 0 Å². The molecule has 0 aliphatic carbocycles. The zero-order chi connectivity index (χ0) is 18.1. The van der Waals surface area contributed by atoms with Crippen molar-refractivity contribution in [2.45, 2.75) is 0 Å². The predicted octanol–water partition coefficient (Wildman–Crippen LogP) is 0.715. The van der Waals surface area contributed by atoms with E-state index < -0.39 is 4.92 Å². The first-order valence-electron chi connectivity index (χ1n) is 8.21. The molecule has 25 heavy (non-hydrogen) atoms. The van der Waals surface area contributed by atoms with Crippen molar-refractivity contribution in [3.05, 3.63) is 33.9 Å². The van der Waals surface area contributed by atoms with E-state index in [4.69, 9.17) is 9.47 Å². The summed E-state index contributed by atoms with van der Waals surface area (Å²) in [5, 5.41) is 17.0. The summed E-state index contributed by atoms with van der Waals surface area (Å²) in [7, 11) is 1.56. The fourth-order valence-corrected chi connectivity index (χ4v) is 2.52. The highest BCUT2D eigenvalue weighted by Gasteiger charge is 2.17. The third-order valence-electron chi connectivity index (χ3n) is 3.90. The van der Waals surface area contributed by atoms with E-state index in [0.717, 1.165) is 19.6 Å². The summed E-state index contributed by atoms with van der Waals surface area (Å²) in [4.78, 5) is 25.2. The fourth-order valence-electron chi connectivity index (χ4n) is 2.52. The molecule has 1 aliphatic rings. The summed E-state index contributed by atoms with van der Waals surface area (Å²) in [5.74, 6) is -0.320. The number of benzene rings is 1. The Morgan fingerprint density at radius 2 is 2.12 bits per heavy atom. The van der Waals surface area contributed by atoms with E-state index in [2.05, 4.69) is 15.5 Å². The molecule has 1 heterocycles. The smallest absolute Gasteiger partial charge is 0.293 e. The maximum Gasteiger partial charge on any atom is 0.293 e. The van der Waals surface area contributed by atoms with Crippen LogP contribution < -0.4 is 10.6 Å². The van der Waals surface area contributed by atoms with Gasteiger partial charge in [0.15, 0.2) is 0 Å². The molecule has 2 rings (SSSR count). The number of amides is 1. The summed E-state index contributed by atoms with van der Waals surface area (Å²) >= 11 is 0. The molecule has 1 aromatic rings. The average molecular weight is 352 g/mol. The highest BCUT2D eigenvalue weighted by molar-refractivity contribution is 5.95. The van der Waals surface area contributed by atoms with Crippen molar-refractivity contribution in [3.63, 3.8) is 0 Å². The minimum Gasteiger partial charge on any atom is -0.383 e. The number of nitrogens with zero attached hydrogens (tertiary/aromatic N) is 2. The van der Waals surface area contributed by atoms with Crippen LogP contribution in [0.5, 0.6) is 0 Å². The third kappa shape index (κ3) is 5.96. The van der Waals surface area contributed by atoms with Gasteiger partial charge in [0.2, 0.25) is 0 Å². The standard InChI is InChI=1S/C16H24N4O5/c1-24-9-5-17-14-3-2-13(12-15(14)20(22)23)16(21)18-4-6-19-7-10-25-11-8-19/h2-3,12,17H,4-11H2,1H3,(H,18,21). The van der Waals surface area contributed by atoms with Crippen LogP contribution in [0.3, 0.4) is 0 Å². The van der Waals surface area contributed by atoms with E-state index >= 15 is 0 Å². The summed E-state index contributed by atoms with van der Waals surface area (Å²) in [5.41, 5.74) is 0.509. The van der Waals surface area contributed by atoms with Gasteiger partial charge in [0.1, 0.15) is 5.69 Å². The maximum atomic E-state index is 12.2. The molecule has 1 fully saturated rings. The van der Waals surface area contributed by atoms with Crippen molar-refractivity contribution >= 4 is 17.3 Å². The van der Waals surface area contributed by atoms with Crippen LogP contribution in [0.1, 0.15) is 10.4 Å². The highest BCUT2D eigenvalue weighted by atomic mass is 16.6. The van der Waals surface area contributed by atoms with E-state index in [1.807, 2.05) is 0 Å². The van der Waals surface area contributed by atoms with Gasteiger partial charge in [-0.15, -0.1) is 0 Å². The second-order valence-corrected chi connectivity index (χ2v) is 5.62. The second-order valence-electron chi connectivity index (χ2n) is 5.62. The largest absolute Gasteiger partial charge is 0.383 e. The van der Waals surface area contributed by atoms with Gasteiger partial charge >= 0.3 is 0 Å². The minimum absolute atomic E-state index is 0.128. The summed E-state index contributed by atoms with van der Waals surface area (Å²) in [6.45, 7) is 5.21. The number of methoxy groups -OCH3 is 1. The Morgan fingerprint density at radius 1 is 1.36 bits per heavy atom. The molecule has 2 N–H and O–H groups in total. The molecule has 9 nitrogen and oxygen atoms in total. The average Bonchev–Trinajstić information content (AvgIpc) is 2.62. The molecule has 9 heteroatoms. The molecule has 1 saturated heterocycles. The van der Waals surface area contributed by atoms with Gasteiger partial charge in [-0.25, -0.2) is 0 Å². The Morgan fingerprint density at radius 3 is 2.80 bits per heavy atom. The van der Waals surface area contributed by atoms with E-state index in [0.29, 0.717) is 38.6 Å². The first-order chi connectivity index (χ1) is 12.1. The van der Waals surface area contributed by atoms with Crippen LogP contribution in [0, 0.1) is 10.1 Å². The van der Waals surface area contributed by atoms with Crippen molar-refractivity contribution < 1.29 is 19.2 Å². The number of nitro groups is 1. The molecule has 0 atom stereocenters. The first kappa shape index (κ1) is 19.1. The van der Waals surface area contributed by atoms with Gasteiger partial charge < -0.3 is 20.1 Å². The van der Waals surface area contributed by atoms with Crippen molar-refractivity contribution in [3.8, 4) is 0 Å². The van der Waals surface area contributed by atoms with Crippen LogP contribution in [0.15, 0.2) is 18.2 Å². The Balaban J connectivity index is 1.91. The molecule has 1 aliphatic heterocycles. The highest BCUT2D eigenvalue weighted by Crippen LogP contribution is 2.25. The normalized spacial score (nSPS) is 14.9. The number of morpholine rings is 1. The van der Waals surface area contributed by atoms with Gasteiger partial charge in [-0.05, 0) is 12.1 Å². The summed E-state index contributed by atoms with van der Waals surface area (Å²) in [6.07, 6.45) is 0. The lowest BCUT2D eigenvalue weighted by atomic mass is 10.1. The Labute approximate surface area is 146 Å². The topological polar surface area (TPSA) is 106 Å². The monoisotopic (exact) mass is 352 g/mol. The lowest BCUT2D eigenvalue weighted by Crippen LogP contribution is -2.41. The number of carbonyl (C=O) groups excluding carboxylic acids is 1. The van der Waals surface area contributed by atoms with Gasteiger partial charge in [0.25, 0.3) is 11.6 Å². The molecule has 1 amide bonds. The number of nitrogens with one attached hydrogen (secondary N) is 2. The van der Waals surface area contributed by atoms with E-state index in [1.165, 1.54) is 6.07 Å².